The normalized spacial score (nSPS) is 14.4. The van der Waals surface area contributed by atoms with Crippen LogP contribution in [0.1, 0.15) is 41.5 Å². The van der Waals surface area contributed by atoms with E-state index in [9.17, 15) is 37.6 Å². The minimum Gasteiger partial charge on any atom is -0.423 e. The molecule has 2 aromatic rings. The zero-order chi connectivity index (χ0) is 32.4. The van der Waals surface area contributed by atoms with Crippen molar-refractivity contribution in [3.63, 3.8) is 0 Å². The summed E-state index contributed by atoms with van der Waals surface area (Å²) in [5.74, 6) is -1.31. The molecule has 2 unspecified atom stereocenters. The van der Waals surface area contributed by atoms with E-state index >= 15 is 0 Å². The fourth-order valence-corrected chi connectivity index (χ4v) is 5.09. The number of rotatable bonds is 14. The summed E-state index contributed by atoms with van der Waals surface area (Å²) in [6.45, 7) is 1.65. The van der Waals surface area contributed by atoms with Gasteiger partial charge in [-0.1, -0.05) is 30.3 Å². The maximum Gasteiger partial charge on any atom is 0.488 e. The van der Waals surface area contributed by atoms with Crippen molar-refractivity contribution in [1.29, 1.82) is 0 Å². The Morgan fingerprint density at radius 1 is 1.00 bits per heavy atom. The van der Waals surface area contributed by atoms with Crippen LogP contribution in [0.3, 0.4) is 0 Å². The molecule has 0 aromatic heterocycles. The van der Waals surface area contributed by atoms with Gasteiger partial charge in [-0.2, -0.15) is 13.2 Å². The van der Waals surface area contributed by atoms with Gasteiger partial charge in [-0.25, -0.2) is 0 Å². The largest absolute Gasteiger partial charge is 0.488 e. The number of hydrogen-bond donors (Lipinski definition) is 6. The molecule has 1 aliphatic rings. The number of hydrogen-bond acceptors (Lipinski definition) is 8. The Kier molecular flexibility index (Phi) is 12.7. The van der Waals surface area contributed by atoms with Crippen LogP contribution in [0.15, 0.2) is 42.5 Å². The van der Waals surface area contributed by atoms with E-state index in [1.54, 1.807) is 23.1 Å². The van der Waals surface area contributed by atoms with E-state index in [0.29, 0.717) is 31.6 Å². The van der Waals surface area contributed by atoms with E-state index in [4.69, 9.17) is 17.2 Å². The Hall–Kier alpha value is -3.50. The number of fused-ring (bicyclic) bond motifs is 1. The third-order valence-electron chi connectivity index (χ3n) is 7.63. The summed E-state index contributed by atoms with van der Waals surface area (Å²) in [5, 5.41) is 21.8. The molecule has 0 aliphatic carbocycles. The second-order valence-corrected chi connectivity index (χ2v) is 10.8. The Bertz CT molecular complexity index is 1280. The van der Waals surface area contributed by atoms with Crippen LogP contribution >= 0.6 is 0 Å². The second-order valence-electron chi connectivity index (χ2n) is 10.8. The van der Waals surface area contributed by atoms with Gasteiger partial charge in [0, 0.05) is 45.7 Å². The van der Waals surface area contributed by atoms with Gasteiger partial charge in [0.05, 0.1) is 11.6 Å². The summed E-state index contributed by atoms with van der Waals surface area (Å²) in [5.41, 5.74) is 18.9. The highest BCUT2D eigenvalue weighted by molar-refractivity contribution is 6.58. The van der Waals surface area contributed by atoms with Crippen LogP contribution in [0.5, 0.6) is 0 Å². The molecule has 44 heavy (non-hydrogen) atoms. The number of carbonyl (C=O) groups is 3. The first kappa shape index (κ1) is 35.0. The van der Waals surface area contributed by atoms with Crippen molar-refractivity contribution >= 4 is 30.3 Å². The van der Waals surface area contributed by atoms with Crippen LogP contribution in [0.4, 0.5) is 13.2 Å². The summed E-state index contributed by atoms with van der Waals surface area (Å²) >= 11 is 0. The molecule has 240 valence electrons. The van der Waals surface area contributed by atoms with Gasteiger partial charge in [0.2, 0.25) is 17.7 Å². The Labute approximate surface area is 254 Å². The molecule has 2 atom stereocenters. The fraction of sp³-hybridized carbons (Fsp3) is 0.483. The van der Waals surface area contributed by atoms with Crippen LogP contribution in [-0.4, -0.2) is 89.5 Å². The number of nitrogens with one attached hydrogen (secondary N) is 1. The number of aryl methyl sites for hydroxylation is 1. The van der Waals surface area contributed by atoms with Crippen LogP contribution < -0.4 is 28.0 Å². The quantitative estimate of drug-likeness (QED) is 0.149. The molecule has 0 bridgehead atoms. The summed E-state index contributed by atoms with van der Waals surface area (Å²) < 4.78 is 39.0. The summed E-state index contributed by atoms with van der Waals surface area (Å²) in [6.07, 6.45) is -3.71. The van der Waals surface area contributed by atoms with Crippen molar-refractivity contribution in [3.8, 4) is 0 Å². The number of carbonyl (C=O) groups excluding carboxylic acids is 3. The number of halogens is 3. The van der Waals surface area contributed by atoms with E-state index in [0.717, 1.165) is 23.3 Å². The van der Waals surface area contributed by atoms with Gasteiger partial charge in [0.25, 0.3) is 0 Å². The predicted octanol–water partition coefficient (Wildman–Crippen LogP) is -0.759. The SMILES string of the molecule is NCCN(CCN)C(=O)CCC(N)C(=O)NC(CCc1ccc(C(F)(F)F)cc1)C(=O)N1CCc2ccc(B(O)O)cc2C1. The molecule has 9 N–H and O–H groups in total. The average molecular weight is 620 g/mol. The zero-order valence-corrected chi connectivity index (χ0v) is 24.4. The first-order valence-corrected chi connectivity index (χ1v) is 14.5. The summed E-state index contributed by atoms with van der Waals surface area (Å²) in [7, 11) is -1.67. The molecular weight excluding hydrogens is 580 g/mol. The number of amides is 3. The van der Waals surface area contributed by atoms with Crippen molar-refractivity contribution in [2.24, 2.45) is 17.2 Å². The summed E-state index contributed by atoms with van der Waals surface area (Å²) in [4.78, 5) is 42.4. The third kappa shape index (κ3) is 9.76. The molecule has 0 fully saturated rings. The van der Waals surface area contributed by atoms with E-state index in [1.807, 2.05) is 0 Å². The maximum absolute atomic E-state index is 13.7. The number of nitrogens with two attached hydrogens (primary N) is 3. The first-order valence-electron chi connectivity index (χ1n) is 14.5. The number of nitrogens with zero attached hydrogens (tertiary/aromatic N) is 2. The molecule has 15 heteroatoms. The van der Waals surface area contributed by atoms with E-state index in [2.05, 4.69) is 5.32 Å². The van der Waals surface area contributed by atoms with E-state index in [1.165, 1.54) is 17.0 Å². The lowest BCUT2D eigenvalue weighted by molar-refractivity contribution is -0.138. The molecule has 0 saturated carbocycles. The van der Waals surface area contributed by atoms with Crippen molar-refractivity contribution < 1.29 is 37.6 Å². The Balaban J connectivity index is 1.73. The highest BCUT2D eigenvalue weighted by Gasteiger charge is 2.32. The molecule has 2 aromatic carbocycles. The highest BCUT2D eigenvalue weighted by Crippen LogP contribution is 2.29. The topological polar surface area (TPSA) is 188 Å². The van der Waals surface area contributed by atoms with Gasteiger partial charge in [0.15, 0.2) is 0 Å². The van der Waals surface area contributed by atoms with Gasteiger partial charge in [-0.05, 0) is 60.0 Å². The predicted molar refractivity (Wildman–Crippen MR) is 159 cm³/mol. The standard InChI is InChI=1S/C29H40BF3N6O5/c31-29(32,33)22-5-1-19(2-6-22)3-9-25(37-27(41)24(36)8-10-26(40)38(15-12-34)16-13-35)28(42)39-14-11-20-4-7-23(30(43)44)17-21(20)18-39/h1-2,4-7,17,24-25,43-44H,3,8-16,18,34-36H2,(H,37,41). The lowest BCUT2D eigenvalue weighted by Crippen LogP contribution is -2.53. The van der Waals surface area contributed by atoms with E-state index in [-0.39, 0.29) is 56.7 Å². The number of benzene rings is 2. The van der Waals surface area contributed by atoms with Gasteiger partial charge in [-0.3, -0.25) is 14.4 Å². The molecule has 3 amide bonds. The van der Waals surface area contributed by atoms with Gasteiger partial charge in [0.1, 0.15) is 6.04 Å². The van der Waals surface area contributed by atoms with Crippen LogP contribution in [0, 0.1) is 0 Å². The lowest BCUT2D eigenvalue weighted by atomic mass is 9.78. The minimum atomic E-state index is -4.48. The molecule has 0 spiro atoms. The van der Waals surface area contributed by atoms with Crippen molar-refractivity contribution in [2.45, 2.75) is 56.9 Å². The van der Waals surface area contributed by atoms with Crippen molar-refractivity contribution in [1.82, 2.24) is 15.1 Å². The molecule has 0 radical (unpaired) electrons. The molecule has 1 heterocycles. The van der Waals surface area contributed by atoms with Gasteiger partial charge < -0.3 is 42.4 Å². The molecular formula is C29H40BF3N6O5. The third-order valence-corrected chi connectivity index (χ3v) is 7.63. The molecule has 3 rings (SSSR count). The summed E-state index contributed by atoms with van der Waals surface area (Å²) in [6, 6.07) is 7.42. The van der Waals surface area contributed by atoms with Crippen molar-refractivity contribution in [3.05, 3.63) is 64.7 Å². The number of alkyl halides is 3. The van der Waals surface area contributed by atoms with Crippen LogP contribution in [0.25, 0.3) is 0 Å². The Morgan fingerprint density at radius 2 is 1.66 bits per heavy atom. The molecule has 11 nitrogen and oxygen atoms in total. The first-order chi connectivity index (χ1) is 20.8. The minimum absolute atomic E-state index is 0.0134. The van der Waals surface area contributed by atoms with Crippen LogP contribution in [-0.2, 0) is 39.9 Å². The van der Waals surface area contributed by atoms with Crippen LogP contribution in [0.2, 0.25) is 0 Å². The average Bonchev–Trinajstić information content (AvgIpc) is 3.00. The highest BCUT2D eigenvalue weighted by atomic mass is 19.4. The van der Waals surface area contributed by atoms with Gasteiger partial charge >= 0.3 is 13.3 Å². The smallest absolute Gasteiger partial charge is 0.423 e. The van der Waals surface area contributed by atoms with E-state index < -0.39 is 42.8 Å². The second kappa shape index (κ2) is 16.0. The van der Waals surface area contributed by atoms with Crippen molar-refractivity contribution in [2.75, 3.05) is 32.7 Å². The fourth-order valence-electron chi connectivity index (χ4n) is 5.09. The lowest BCUT2D eigenvalue weighted by Gasteiger charge is -2.33. The molecule has 1 aliphatic heterocycles. The maximum atomic E-state index is 13.7. The van der Waals surface area contributed by atoms with Gasteiger partial charge in [-0.15, -0.1) is 0 Å². The zero-order valence-electron chi connectivity index (χ0n) is 24.4. The monoisotopic (exact) mass is 620 g/mol. The Morgan fingerprint density at radius 3 is 2.25 bits per heavy atom. The molecule has 0 saturated heterocycles.